The molecule has 3 nitrogen and oxygen atoms in total. The number of piperidine rings is 3. The van der Waals surface area contributed by atoms with Crippen LogP contribution in [0.2, 0.25) is 0 Å². The molecule has 1 atom stereocenters. The molecule has 3 saturated heterocycles. The molecule has 2 bridgehead atoms. The Morgan fingerprint density at radius 2 is 2.00 bits per heavy atom. The molecule has 1 unspecified atom stereocenters. The van der Waals surface area contributed by atoms with E-state index in [4.69, 9.17) is 5.73 Å². The van der Waals surface area contributed by atoms with E-state index in [0.29, 0.717) is 5.92 Å². The van der Waals surface area contributed by atoms with Gasteiger partial charge in [0.1, 0.15) is 0 Å². The topological polar surface area (TPSA) is 45.0 Å². The zero-order chi connectivity index (χ0) is 14.2. The largest absolute Gasteiger partial charge is 0.358 e. The molecule has 3 aliphatic heterocycles. The third-order valence-electron chi connectivity index (χ3n) is 5.50. The molecule has 3 heteroatoms. The molecule has 1 aromatic heterocycles. The minimum absolute atomic E-state index is 0.702. The lowest BCUT2D eigenvalue weighted by molar-refractivity contribution is 0.0854. The number of hydrogen-bond donors (Lipinski definition) is 2. The van der Waals surface area contributed by atoms with Gasteiger partial charge in [0.25, 0.3) is 0 Å². The average molecular weight is 283 g/mol. The van der Waals surface area contributed by atoms with E-state index >= 15 is 0 Å². The summed E-state index contributed by atoms with van der Waals surface area (Å²) >= 11 is 0. The van der Waals surface area contributed by atoms with Gasteiger partial charge in [-0.2, -0.15) is 0 Å². The van der Waals surface area contributed by atoms with Gasteiger partial charge < -0.3 is 15.6 Å². The standard InChI is InChI=1S/C18H25N3/c19-9-3-5-15-14-4-1-2-6-17(14)20-18(15)16-12-21-10-7-13(16)8-11-21/h1-2,4,6,13,16,20H,3,5,7-12,19H2. The van der Waals surface area contributed by atoms with Crippen LogP contribution in [-0.2, 0) is 6.42 Å². The Hall–Kier alpha value is -1.32. The Labute approximate surface area is 126 Å². The van der Waals surface area contributed by atoms with Crippen molar-refractivity contribution in [1.82, 2.24) is 9.88 Å². The van der Waals surface area contributed by atoms with Crippen molar-refractivity contribution >= 4 is 10.9 Å². The number of fused-ring (bicyclic) bond motifs is 4. The second-order valence-corrected chi connectivity index (χ2v) is 6.70. The molecule has 3 aliphatic rings. The highest BCUT2D eigenvalue weighted by molar-refractivity contribution is 5.85. The molecule has 0 radical (unpaired) electrons. The highest BCUT2D eigenvalue weighted by Gasteiger charge is 2.36. The molecule has 0 saturated carbocycles. The van der Waals surface area contributed by atoms with Gasteiger partial charge in [-0.05, 0) is 62.9 Å². The van der Waals surface area contributed by atoms with Gasteiger partial charge in [0.15, 0.2) is 0 Å². The summed E-state index contributed by atoms with van der Waals surface area (Å²) in [6, 6.07) is 8.77. The quantitative estimate of drug-likeness (QED) is 0.906. The molecule has 5 rings (SSSR count). The highest BCUT2D eigenvalue weighted by atomic mass is 15.1. The molecule has 21 heavy (non-hydrogen) atoms. The Morgan fingerprint density at radius 3 is 2.71 bits per heavy atom. The summed E-state index contributed by atoms with van der Waals surface area (Å²) < 4.78 is 0. The van der Waals surface area contributed by atoms with Crippen LogP contribution in [0.5, 0.6) is 0 Å². The summed E-state index contributed by atoms with van der Waals surface area (Å²) in [5, 5.41) is 1.41. The predicted molar refractivity (Wildman–Crippen MR) is 87.6 cm³/mol. The number of rotatable bonds is 4. The zero-order valence-corrected chi connectivity index (χ0v) is 12.6. The number of nitrogens with one attached hydrogen (secondary N) is 1. The third kappa shape index (κ3) is 2.29. The first-order valence-electron chi connectivity index (χ1n) is 8.38. The molecule has 112 valence electrons. The number of benzene rings is 1. The summed E-state index contributed by atoms with van der Waals surface area (Å²) in [5.41, 5.74) is 10.1. The number of hydrogen-bond acceptors (Lipinski definition) is 2. The van der Waals surface area contributed by atoms with E-state index in [2.05, 4.69) is 34.1 Å². The van der Waals surface area contributed by atoms with Crippen molar-refractivity contribution in [1.29, 1.82) is 0 Å². The molecule has 0 amide bonds. The minimum Gasteiger partial charge on any atom is -0.358 e. The minimum atomic E-state index is 0.702. The van der Waals surface area contributed by atoms with Crippen LogP contribution >= 0.6 is 0 Å². The van der Waals surface area contributed by atoms with Crippen molar-refractivity contribution in [2.75, 3.05) is 26.2 Å². The van der Waals surface area contributed by atoms with E-state index in [1.54, 1.807) is 0 Å². The lowest BCUT2D eigenvalue weighted by atomic mass is 9.76. The number of nitrogens with two attached hydrogens (primary N) is 1. The van der Waals surface area contributed by atoms with Crippen molar-refractivity contribution in [3.05, 3.63) is 35.5 Å². The van der Waals surface area contributed by atoms with Gasteiger partial charge in [0.05, 0.1) is 0 Å². The van der Waals surface area contributed by atoms with Crippen molar-refractivity contribution < 1.29 is 0 Å². The van der Waals surface area contributed by atoms with Gasteiger partial charge in [0.2, 0.25) is 0 Å². The second kappa shape index (κ2) is 5.47. The van der Waals surface area contributed by atoms with Crippen molar-refractivity contribution in [2.45, 2.75) is 31.6 Å². The normalized spacial score (nSPS) is 28.3. The number of nitrogens with zero attached hydrogens (tertiary/aromatic N) is 1. The Morgan fingerprint density at radius 1 is 1.19 bits per heavy atom. The monoisotopic (exact) mass is 283 g/mol. The predicted octanol–water partition coefficient (Wildman–Crippen LogP) is 2.87. The van der Waals surface area contributed by atoms with Gasteiger partial charge in [0, 0.05) is 29.1 Å². The van der Waals surface area contributed by atoms with Crippen LogP contribution in [0, 0.1) is 5.92 Å². The first kappa shape index (κ1) is 13.4. The van der Waals surface area contributed by atoms with Crippen molar-refractivity contribution in [2.24, 2.45) is 11.7 Å². The molecule has 1 aromatic carbocycles. The molecule has 0 spiro atoms. The van der Waals surface area contributed by atoms with E-state index in [1.807, 2.05) is 0 Å². The maximum absolute atomic E-state index is 5.76. The van der Waals surface area contributed by atoms with E-state index in [-0.39, 0.29) is 0 Å². The van der Waals surface area contributed by atoms with Gasteiger partial charge in [-0.25, -0.2) is 0 Å². The van der Waals surface area contributed by atoms with Crippen molar-refractivity contribution in [3.8, 4) is 0 Å². The first-order valence-corrected chi connectivity index (χ1v) is 8.38. The first-order chi connectivity index (χ1) is 10.4. The lowest BCUT2D eigenvalue weighted by Crippen LogP contribution is -2.46. The Bertz CT molecular complexity index is 622. The van der Waals surface area contributed by atoms with Crippen LogP contribution in [0.1, 0.15) is 36.4 Å². The van der Waals surface area contributed by atoms with E-state index in [9.17, 15) is 0 Å². The Balaban J connectivity index is 1.76. The zero-order valence-electron chi connectivity index (χ0n) is 12.6. The summed E-state index contributed by atoms with van der Waals surface area (Å²) in [5.74, 6) is 1.58. The summed E-state index contributed by atoms with van der Waals surface area (Å²) in [7, 11) is 0. The maximum Gasteiger partial charge on any atom is 0.0459 e. The SMILES string of the molecule is NCCCc1c(C2CN3CCC2CC3)[nH]c2ccccc12. The number of H-pyrrole nitrogens is 1. The third-order valence-corrected chi connectivity index (χ3v) is 5.50. The van der Waals surface area contributed by atoms with Crippen LogP contribution in [-0.4, -0.2) is 36.1 Å². The van der Waals surface area contributed by atoms with Crippen LogP contribution in [0.15, 0.2) is 24.3 Å². The highest BCUT2D eigenvalue weighted by Crippen LogP contribution is 2.41. The molecule has 4 heterocycles. The summed E-state index contributed by atoms with van der Waals surface area (Å²) in [6.07, 6.45) is 4.93. The fourth-order valence-electron chi connectivity index (χ4n) is 4.38. The van der Waals surface area contributed by atoms with Crippen LogP contribution in [0.25, 0.3) is 10.9 Å². The van der Waals surface area contributed by atoms with Gasteiger partial charge in [-0.1, -0.05) is 18.2 Å². The van der Waals surface area contributed by atoms with E-state index in [0.717, 1.165) is 25.3 Å². The van der Waals surface area contributed by atoms with Gasteiger partial charge in [-0.3, -0.25) is 0 Å². The van der Waals surface area contributed by atoms with E-state index in [1.165, 1.54) is 54.6 Å². The number of aromatic amines is 1. The maximum atomic E-state index is 5.76. The summed E-state index contributed by atoms with van der Waals surface area (Å²) in [6.45, 7) is 4.63. The Kier molecular flexibility index (Phi) is 3.48. The van der Waals surface area contributed by atoms with E-state index < -0.39 is 0 Å². The average Bonchev–Trinajstić information content (AvgIpc) is 2.92. The smallest absolute Gasteiger partial charge is 0.0459 e. The lowest BCUT2D eigenvalue weighted by Gasteiger charge is -2.45. The molecular weight excluding hydrogens is 258 g/mol. The van der Waals surface area contributed by atoms with Crippen LogP contribution in [0.4, 0.5) is 0 Å². The number of para-hydroxylation sites is 1. The number of aromatic nitrogens is 1. The molecule has 3 fully saturated rings. The molecule has 3 N–H and O–H groups in total. The fourth-order valence-corrected chi connectivity index (χ4v) is 4.38. The van der Waals surface area contributed by atoms with Crippen LogP contribution < -0.4 is 5.73 Å². The number of aryl methyl sites for hydroxylation is 1. The second-order valence-electron chi connectivity index (χ2n) is 6.70. The molecular formula is C18H25N3. The summed E-state index contributed by atoms with van der Waals surface area (Å²) in [4.78, 5) is 6.40. The molecule has 0 aliphatic carbocycles. The molecule has 2 aromatic rings. The van der Waals surface area contributed by atoms with Gasteiger partial charge in [-0.15, -0.1) is 0 Å². The fraction of sp³-hybridized carbons (Fsp3) is 0.556. The van der Waals surface area contributed by atoms with Crippen LogP contribution in [0.3, 0.4) is 0 Å². The van der Waals surface area contributed by atoms with Crippen molar-refractivity contribution in [3.63, 3.8) is 0 Å². The van der Waals surface area contributed by atoms with Gasteiger partial charge >= 0.3 is 0 Å².